The van der Waals surface area contributed by atoms with Gasteiger partial charge in [-0.3, -0.25) is 0 Å². The van der Waals surface area contributed by atoms with E-state index in [-0.39, 0.29) is 23.9 Å². The molecule has 5 nitrogen and oxygen atoms in total. The Morgan fingerprint density at radius 2 is 1.91 bits per heavy atom. The minimum atomic E-state index is -1.06. The number of carbonyl (C=O) groups is 1. The third-order valence-corrected chi connectivity index (χ3v) is 0.919. The molecule has 0 amide bonds. The SMILES string of the molecule is Cl.Nc1ncc(C(=O)O)cn1. The van der Waals surface area contributed by atoms with E-state index >= 15 is 0 Å². The second-order valence-corrected chi connectivity index (χ2v) is 1.64. The lowest BCUT2D eigenvalue weighted by atomic mass is 10.4. The third-order valence-electron chi connectivity index (χ3n) is 0.919. The highest BCUT2D eigenvalue weighted by Gasteiger charge is 2.01. The summed E-state index contributed by atoms with van der Waals surface area (Å²) in [7, 11) is 0. The monoisotopic (exact) mass is 175 g/mol. The Kier molecular flexibility index (Phi) is 3.26. The molecule has 11 heavy (non-hydrogen) atoms. The first-order chi connectivity index (χ1) is 4.70. The van der Waals surface area contributed by atoms with Crippen LogP contribution in [0.25, 0.3) is 0 Å². The highest BCUT2D eigenvalue weighted by atomic mass is 35.5. The van der Waals surface area contributed by atoms with Gasteiger partial charge in [-0.2, -0.15) is 0 Å². The Bertz CT molecular complexity index is 248. The average Bonchev–Trinajstić information content (AvgIpc) is 1.88. The summed E-state index contributed by atoms with van der Waals surface area (Å²) in [6.45, 7) is 0. The minimum absolute atomic E-state index is 0. The first-order valence-corrected chi connectivity index (χ1v) is 2.51. The van der Waals surface area contributed by atoms with Gasteiger partial charge < -0.3 is 10.8 Å². The zero-order valence-electron chi connectivity index (χ0n) is 5.39. The van der Waals surface area contributed by atoms with Crippen LogP contribution in [0.3, 0.4) is 0 Å². The van der Waals surface area contributed by atoms with E-state index in [1.54, 1.807) is 0 Å². The van der Waals surface area contributed by atoms with E-state index in [0.29, 0.717) is 0 Å². The molecular weight excluding hydrogens is 170 g/mol. The number of anilines is 1. The van der Waals surface area contributed by atoms with Crippen molar-refractivity contribution >= 4 is 24.3 Å². The van der Waals surface area contributed by atoms with Crippen molar-refractivity contribution in [3.05, 3.63) is 18.0 Å². The second kappa shape index (κ2) is 3.72. The maximum absolute atomic E-state index is 10.2. The van der Waals surface area contributed by atoms with Crippen molar-refractivity contribution < 1.29 is 9.90 Å². The van der Waals surface area contributed by atoms with Gasteiger partial charge in [0, 0.05) is 12.4 Å². The van der Waals surface area contributed by atoms with Gasteiger partial charge in [0.1, 0.15) is 0 Å². The lowest BCUT2D eigenvalue weighted by Crippen LogP contribution is -2.00. The van der Waals surface area contributed by atoms with Gasteiger partial charge in [0.2, 0.25) is 5.95 Å². The molecule has 1 aromatic rings. The molecule has 0 aliphatic heterocycles. The molecule has 0 saturated carbocycles. The summed E-state index contributed by atoms with van der Waals surface area (Å²) in [5.41, 5.74) is 5.15. The maximum Gasteiger partial charge on any atom is 0.338 e. The molecular formula is C5H6ClN3O2. The van der Waals surface area contributed by atoms with Gasteiger partial charge in [0.15, 0.2) is 0 Å². The number of nitrogen functional groups attached to an aromatic ring is 1. The number of nitrogens with zero attached hydrogens (tertiary/aromatic N) is 2. The van der Waals surface area contributed by atoms with Crippen molar-refractivity contribution in [3.63, 3.8) is 0 Å². The summed E-state index contributed by atoms with van der Waals surface area (Å²) < 4.78 is 0. The number of aromatic nitrogens is 2. The summed E-state index contributed by atoms with van der Waals surface area (Å²) in [4.78, 5) is 17.2. The van der Waals surface area contributed by atoms with Gasteiger partial charge in [0.25, 0.3) is 0 Å². The molecule has 0 fully saturated rings. The predicted octanol–water partition coefficient (Wildman–Crippen LogP) is 0.179. The van der Waals surface area contributed by atoms with E-state index < -0.39 is 5.97 Å². The summed E-state index contributed by atoms with van der Waals surface area (Å²) in [5, 5.41) is 8.35. The molecule has 0 spiro atoms. The topological polar surface area (TPSA) is 89.1 Å². The quantitative estimate of drug-likeness (QED) is 0.636. The smallest absolute Gasteiger partial charge is 0.338 e. The molecule has 0 radical (unpaired) electrons. The van der Waals surface area contributed by atoms with Gasteiger partial charge in [0.05, 0.1) is 5.56 Å². The lowest BCUT2D eigenvalue weighted by Gasteiger charge is -1.91. The van der Waals surface area contributed by atoms with Crippen LogP contribution in [0.1, 0.15) is 10.4 Å². The van der Waals surface area contributed by atoms with E-state index in [1.165, 1.54) is 0 Å². The van der Waals surface area contributed by atoms with Crippen molar-refractivity contribution in [1.82, 2.24) is 9.97 Å². The summed E-state index contributed by atoms with van der Waals surface area (Å²) in [5.74, 6) is -0.981. The first kappa shape index (κ1) is 9.64. The maximum atomic E-state index is 10.2. The van der Waals surface area contributed by atoms with E-state index in [9.17, 15) is 4.79 Å². The molecule has 0 unspecified atom stereocenters. The van der Waals surface area contributed by atoms with Gasteiger partial charge in [-0.05, 0) is 0 Å². The van der Waals surface area contributed by atoms with Crippen LogP contribution in [0.5, 0.6) is 0 Å². The van der Waals surface area contributed by atoms with Crippen LogP contribution in [0.15, 0.2) is 12.4 Å². The number of halogens is 1. The Labute approximate surface area is 68.7 Å². The van der Waals surface area contributed by atoms with Crippen molar-refractivity contribution in [2.75, 3.05) is 5.73 Å². The Hall–Kier alpha value is -1.36. The fourth-order valence-electron chi connectivity index (χ4n) is 0.448. The predicted molar refractivity (Wildman–Crippen MR) is 40.7 cm³/mol. The van der Waals surface area contributed by atoms with E-state index in [1.807, 2.05) is 0 Å². The standard InChI is InChI=1S/C5H5N3O2.ClH/c6-5-7-1-3(2-8-5)4(9)10;/h1-2H,(H,9,10)(H2,6,7,8);1H. The van der Waals surface area contributed by atoms with Crippen LogP contribution < -0.4 is 5.73 Å². The molecule has 0 aliphatic rings. The van der Waals surface area contributed by atoms with Gasteiger partial charge in [-0.25, -0.2) is 14.8 Å². The summed E-state index contributed by atoms with van der Waals surface area (Å²) >= 11 is 0. The Morgan fingerprint density at radius 3 is 2.27 bits per heavy atom. The number of nitrogens with two attached hydrogens (primary N) is 1. The third kappa shape index (κ3) is 2.38. The van der Waals surface area contributed by atoms with E-state index in [4.69, 9.17) is 10.8 Å². The van der Waals surface area contributed by atoms with Gasteiger partial charge in [-0.15, -0.1) is 12.4 Å². The molecule has 0 saturated heterocycles. The van der Waals surface area contributed by atoms with Crippen molar-refractivity contribution in [1.29, 1.82) is 0 Å². The fourth-order valence-corrected chi connectivity index (χ4v) is 0.448. The molecule has 0 bridgehead atoms. The number of carboxylic acid groups (broad SMARTS) is 1. The molecule has 1 aromatic heterocycles. The fraction of sp³-hybridized carbons (Fsp3) is 0. The Morgan fingerprint density at radius 1 is 1.45 bits per heavy atom. The summed E-state index contributed by atoms with van der Waals surface area (Å²) in [6, 6.07) is 0. The Balaban J connectivity index is 0.000001000. The van der Waals surface area contributed by atoms with Crippen LogP contribution in [-0.4, -0.2) is 21.0 Å². The molecule has 0 atom stereocenters. The molecule has 0 aliphatic carbocycles. The van der Waals surface area contributed by atoms with E-state index in [2.05, 4.69) is 9.97 Å². The first-order valence-electron chi connectivity index (χ1n) is 2.51. The number of hydrogen-bond donors (Lipinski definition) is 2. The lowest BCUT2D eigenvalue weighted by molar-refractivity contribution is 0.0696. The molecule has 6 heteroatoms. The largest absolute Gasteiger partial charge is 0.478 e. The van der Waals surface area contributed by atoms with Crippen LogP contribution in [0.4, 0.5) is 5.95 Å². The normalized spacial score (nSPS) is 8.36. The van der Waals surface area contributed by atoms with Crippen LogP contribution in [-0.2, 0) is 0 Å². The molecule has 3 N–H and O–H groups in total. The van der Waals surface area contributed by atoms with Crippen molar-refractivity contribution in [3.8, 4) is 0 Å². The highest BCUT2D eigenvalue weighted by molar-refractivity contribution is 5.86. The van der Waals surface area contributed by atoms with Crippen LogP contribution in [0.2, 0.25) is 0 Å². The number of carboxylic acids is 1. The van der Waals surface area contributed by atoms with Crippen LogP contribution in [0, 0.1) is 0 Å². The highest BCUT2D eigenvalue weighted by Crippen LogP contribution is 1.95. The molecule has 1 heterocycles. The van der Waals surface area contributed by atoms with Gasteiger partial charge >= 0.3 is 5.97 Å². The average molecular weight is 176 g/mol. The molecule has 60 valence electrons. The zero-order chi connectivity index (χ0) is 7.56. The number of aromatic carboxylic acids is 1. The molecule has 1 rings (SSSR count). The van der Waals surface area contributed by atoms with Crippen molar-refractivity contribution in [2.45, 2.75) is 0 Å². The van der Waals surface area contributed by atoms with Gasteiger partial charge in [-0.1, -0.05) is 0 Å². The van der Waals surface area contributed by atoms with Crippen molar-refractivity contribution in [2.24, 2.45) is 0 Å². The number of rotatable bonds is 1. The number of hydrogen-bond acceptors (Lipinski definition) is 4. The van der Waals surface area contributed by atoms with Crippen LogP contribution >= 0.6 is 12.4 Å². The minimum Gasteiger partial charge on any atom is -0.478 e. The van der Waals surface area contributed by atoms with E-state index in [0.717, 1.165) is 12.4 Å². The molecule has 0 aromatic carbocycles. The zero-order valence-corrected chi connectivity index (χ0v) is 6.21. The second-order valence-electron chi connectivity index (χ2n) is 1.64. The summed E-state index contributed by atoms with van der Waals surface area (Å²) in [6.07, 6.45) is 2.31.